The van der Waals surface area contributed by atoms with Crippen molar-refractivity contribution in [2.24, 2.45) is 0 Å². The highest BCUT2D eigenvalue weighted by atomic mass is 35.5. The standard InChI is InChI=1S/C19H14ClF3N2O3/c20-14-8-7-11(19(21,22)23)10-15(14)24-16(26)6-3-9-25-17(27)12-4-1-2-5-13(12)18(25)28/h1-2,4-5,7-8,10H,3,6,9H2,(H,24,26). The lowest BCUT2D eigenvalue weighted by Crippen LogP contribution is -2.31. The molecular formula is C19H14ClF3N2O3. The van der Waals surface area contributed by atoms with Crippen LogP contribution in [0.25, 0.3) is 0 Å². The summed E-state index contributed by atoms with van der Waals surface area (Å²) < 4.78 is 38.3. The quantitative estimate of drug-likeness (QED) is 0.744. The van der Waals surface area contributed by atoms with E-state index in [4.69, 9.17) is 11.6 Å². The van der Waals surface area contributed by atoms with Gasteiger partial charge in [-0.3, -0.25) is 19.3 Å². The summed E-state index contributed by atoms with van der Waals surface area (Å²) in [6, 6.07) is 9.04. The minimum absolute atomic E-state index is 0.0239. The highest BCUT2D eigenvalue weighted by molar-refractivity contribution is 6.33. The molecule has 3 rings (SSSR count). The summed E-state index contributed by atoms with van der Waals surface area (Å²) in [5.74, 6) is -1.43. The molecule has 0 aliphatic carbocycles. The average Bonchev–Trinajstić information content (AvgIpc) is 2.88. The molecule has 2 aromatic rings. The van der Waals surface area contributed by atoms with Crippen molar-refractivity contribution in [3.05, 3.63) is 64.2 Å². The van der Waals surface area contributed by atoms with Crippen LogP contribution in [-0.4, -0.2) is 29.2 Å². The lowest BCUT2D eigenvalue weighted by Gasteiger charge is -2.14. The number of anilines is 1. The fraction of sp³-hybridized carbons (Fsp3) is 0.211. The molecule has 9 heteroatoms. The summed E-state index contributed by atoms with van der Waals surface area (Å²) in [6.07, 6.45) is -4.50. The van der Waals surface area contributed by atoms with Crippen LogP contribution in [0.1, 0.15) is 39.1 Å². The maximum absolute atomic E-state index is 12.8. The zero-order valence-corrected chi connectivity index (χ0v) is 15.1. The summed E-state index contributed by atoms with van der Waals surface area (Å²) in [4.78, 5) is 37.6. The SMILES string of the molecule is O=C(CCCN1C(=O)c2ccccc2C1=O)Nc1cc(C(F)(F)F)ccc1Cl. The van der Waals surface area contributed by atoms with E-state index in [1.54, 1.807) is 24.3 Å². The van der Waals surface area contributed by atoms with Crippen LogP contribution in [-0.2, 0) is 11.0 Å². The lowest BCUT2D eigenvalue weighted by molar-refractivity contribution is -0.137. The number of alkyl halides is 3. The molecule has 5 nitrogen and oxygen atoms in total. The van der Waals surface area contributed by atoms with Crippen molar-refractivity contribution in [3.8, 4) is 0 Å². The third-order valence-corrected chi connectivity index (χ3v) is 4.56. The van der Waals surface area contributed by atoms with Crippen LogP contribution in [0.2, 0.25) is 5.02 Å². The van der Waals surface area contributed by atoms with Gasteiger partial charge < -0.3 is 5.32 Å². The number of nitrogens with zero attached hydrogens (tertiary/aromatic N) is 1. The first-order valence-corrected chi connectivity index (χ1v) is 8.68. The maximum atomic E-state index is 12.8. The van der Waals surface area contributed by atoms with Gasteiger partial charge in [0.05, 0.1) is 27.4 Å². The third kappa shape index (κ3) is 4.01. The molecule has 0 saturated carbocycles. The van der Waals surface area contributed by atoms with Gasteiger partial charge in [-0.2, -0.15) is 13.2 Å². The van der Waals surface area contributed by atoms with E-state index >= 15 is 0 Å². The largest absolute Gasteiger partial charge is 0.416 e. The van der Waals surface area contributed by atoms with Crippen molar-refractivity contribution in [1.29, 1.82) is 0 Å². The van der Waals surface area contributed by atoms with Crippen molar-refractivity contribution >= 4 is 35.0 Å². The molecule has 0 unspecified atom stereocenters. The fourth-order valence-corrected chi connectivity index (χ4v) is 3.01. The molecule has 0 bridgehead atoms. The van der Waals surface area contributed by atoms with E-state index in [-0.39, 0.29) is 30.1 Å². The van der Waals surface area contributed by atoms with E-state index in [2.05, 4.69) is 5.32 Å². The van der Waals surface area contributed by atoms with E-state index in [0.29, 0.717) is 11.1 Å². The Balaban J connectivity index is 1.58. The van der Waals surface area contributed by atoms with E-state index in [0.717, 1.165) is 23.1 Å². The Kier molecular flexibility index (Phi) is 5.42. The van der Waals surface area contributed by atoms with Crippen molar-refractivity contribution in [2.45, 2.75) is 19.0 Å². The number of halogens is 4. The molecular weight excluding hydrogens is 397 g/mol. The van der Waals surface area contributed by atoms with Gasteiger partial charge in [0.1, 0.15) is 0 Å². The molecule has 0 atom stereocenters. The Labute approximate surface area is 163 Å². The van der Waals surface area contributed by atoms with Crippen LogP contribution in [0.5, 0.6) is 0 Å². The molecule has 0 saturated heterocycles. The van der Waals surface area contributed by atoms with Gasteiger partial charge in [-0.25, -0.2) is 0 Å². The monoisotopic (exact) mass is 410 g/mol. The van der Waals surface area contributed by atoms with Gasteiger partial charge in [0.2, 0.25) is 5.91 Å². The molecule has 1 aliphatic rings. The first kappa shape index (κ1) is 19.9. The van der Waals surface area contributed by atoms with E-state index in [1.165, 1.54) is 0 Å². The van der Waals surface area contributed by atoms with Crippen molar-refractivity contribution in [1.82, 2.24) is 4.90 Å². The highest BCUT2D eigenvalue weighted by Crippen LogP contribution is 2.34. The molecule has 0 radical (unpaired) electrons. The third-order valence-electron chi connectivity index (χ3n) is 4.23. The molecule has 1 aliphatic heterocycles. The molecule has 1 heterocycles. The summed E-state index contributed by atoms with van der Waals surface area (Å²) in [6.45, 7) is 0.0239. The van der Waals surface area contributed by atoms with Crippen LogP contribution >= 0.6 is 11.6 Å². The molecule has 3 amide bonds. The van der Waals surface area contributed by atoms with E-state index in [1.807, 2.05) is 0 Å². The number of benzene rings is 2. The van der Waals surface area contributed by atoms with Crippen LogP contribution in [0.4, 0.5) is 18.9 Å². The van der Waals surface area contributed by atoms with Crippen LogP contribution in [0.3, 0.4) is 0 Å². The molecule has 2 aromatic carbocycles. The van der Waals surface area contributed by atoms with Gasteiger partial charge in [-0.05, 0) is 36.8 Å². The number of carbonyl (C=O) groups is 3. The molecule has 1 N–H and O–H groups in total. The smallest absolute Gasteiger partial charge is 0.325 e. The van der Waals surface area contributed by atoms with Gasteiger partial charge in [-0.1, -0.05) is 23.7 Å². The summed E-state index contributed by atoms with van der Waals surface area (Å²) in [5.41, 5.74) is -0.458. The summed E-state index contributed by atoms with van der Waals surface area (Å²) in [5, 5.41) is 2.30. The normalized spacial score (nSPS) is 13.6. The Morgan fingerprint density at radius 1 is 1.04 bits per heavy atom. The number of fused-ring (bicyclic) bond motifs is 1. The number of nitrogens with one attached hydrogen (secondary N) is 1. The first-order valence-electron chi connectivity index (χ1n) is 8.30. The molecule has 0 fully saturated rings. The van der Waals surface area contributed by atoms with E-state index in [9.17, 15) is 27.6 Å². The van der Waals surface area contributed by atoms with Gasteiger partial charge in [0.25, 0.3) is 11.8 Å². The van der Waals surface area contributed by atoms with Gasteiger partial charge in [0.15, 0.2) is 0 Å². The Hall–Kier alpha value is -2.87. The Morgan fingerprint density at radius 3 is 2.21 bits per heavy atom. The van der Waals surface area contributed by atoms with Crippen molar-refractivity contribution < 1.29 is 27.6 Å². The highest BCUT2D eigenvalue weighted by Gasteiger charge is 2.34. The Morgan fingerprint density at radius 2 is 1.64 bits per heavy atom. The predicted octanol–water partition coefficient (Wildman–Crippen LogP) is 4.37. The minimum atomic E-state index is -4.56. The van der Waals surface area contributed by atoms with Gasteiger partial charge in [-0.15, -0.1) is 0 Å². The van der Waals surface area contributed by atoms with Crippen LogP contribution in [0, 0.1) is 0 Å². The van der Waals surface area contributed by atoms with Crippen LogP contribution < -0.4 is 5.32 Å². The maximum Gasteiger partial charge on any atom is 0.416 e. The fourth-order valence-electron chi connectivity index (χ4n) is 2.85. The second-order valence-electron chi connectivity index (χ2n) is 6.15. The number of imide groups is 1. The summed E-state index contributed by atoms with van der Waals surface area (Å²) >= 11 is 5.84. The van der Waals surface area contributed by atoms with Gasteiger partial charge >= 0.3 is 6.18 Å². The summed E-state index contributed by atoms with van der Waals surface area (Å²) in [7, 11) is 0. The number of carbonyl (C=O) groups excluding carboxylic acids is 3. The van der Waals surface area contributed by atoms with Crippen molar-refractivity contribution in [2.75, 3.05) is 11.9 Å². The van der Waals surface area contributed by atoms with Crippen LogP contribution in [0.15, 0.2) is 42.5 Å². The average molecular weight is 411 g/mol. The predicted molar refractivity (Wildman–Crippen MR) is 96.1 cm³/mol. The lowest BCUT2D eigenvalue weighted by atomic mass is 10.1. The second kappa shape index (κ2) is 7.63. The van der Waals surface area contributed by atoms with E-state index < -0.39 is 29.5 Å². The zero-order valence-electron chi connectivity index (χ0n) is 14.3. The number of hydrogen-bond acceptors (Lipinski definition) is 3. The number of amides is 3. The second-order valence-corrected chi connectivity index (χ2v) is 6.56. The topological polar surface area (TPSA) is 66.5 Å². The Bertz CT molecular complexity index is 925. The number of rotatable bonds is 5. The number of hydrogen-bond donors (Lipinski definition) is 1. The van der Waals surface area contributed by atoms with Crippen molar-refractivity contribution in [3.63, 3.8) is 0 Å². The minimum Gasteiger partial charge on any atom is -0.325 e. The first-order chi connectivity index (χ1) is 13.2. The molecule has 0 aromatic heterocycles. The van der Waals surface area contributed by atoms with Gasteiger partial charge in [0, 0.05) is 13.0 Å². The molecule has 28 heavy (non-hydrogen) atoms. The molecule has 146 valence electrons. The molecule has 0 spiro atoms. The zero-order chi connectivity index (χ0) is 20.5.